The van der Waals surface area contributed by atoms with Gasteiger partial charge >= 0.3 is 0 Å². The summed E-state index contributed by atoms with van der Waals surface area (Å²) in [5, 5.41) is 0. The number of piperidine rings is 1. The Morgan fingerprint density at radius 1 is 0.897 bits per heavy atom. The zero-order valence-corrected chi connectivity index (χ0v) is 15.8. The molecule has 0 unspecified atom stereocenters. The van der Waals surface area contributed by atoms with E-state index in [1.54, 1.807) is 53.4 Å². The zero-order chi connectivity index (χ0) is 20.5. The number of carbonyl (C=O) groups is 4. The number of nitrogens with two attached hydrogens (primary N) is 1. The van der Waals surface area contributed by atoms with Crippen LogP contribution in [-0.4, -0.2) is 46.5 Å². The molecule has 0 bridgehead atoms. The fourth-order valence-electron chi connectivity index (χ4n) is 3.87. The van der Waals surface area contributed by atoms with Crippen molar-refractivity contribution in [2.75, 3.05) is 13.1 Å². The third kappa shape index (κ3) is 3.51. The molecule has 7 nitrogen and oxygen atoms in total. The van der Waals surface area contributed by atoms with Crippen molar-refractivity contribution in [3.63, 3.8) is 0 Å². The van der Waals surface area contributed by atoms with Gasteiger partial charge in [-0.1, -0.05) is 24.3 Å². The number of hydrogen-bond acceptors (Lipinski definition) is 4. The first kappa shape index (κ1) is 18.9. The minimum atomic E-state index is -0.311. The normalized spacial score (nSPS) is 16.8. The Balaban J connectivity index is 1.41. The van der Waals surface area contributed by atoms with E-state index in [9.17, 15) is 19.2 Å². The van der Waals surface area contributed by atoms with E-state index in [2.05, 4.69) is 0 Å². The van der Waals surface area contributed by atoms with Crippen LogP contribution in [0.5, 0.6) is 0 Å². The lowest BCUT2D eigenvalue weighted by molar-refractivity contribution is -0.123. The van der Waals surface area contributed by atoms with Gasteiger partial charge in [0.25, 0.3) is 17.7 Å². The molecule has 1 saturated heterocycles. The molecular formula is C22H21N3O4. The summed E-state index contributed by atoms with van der Waals surface area (Å²) in [6.45, 7) is 1.16. The Morgan fingerprint density at radius 2 is 1.45 bits per heavy atom. The Bertz CT molecular complexity index is 956. The lowest BCUT2D eigenvalue weighted by atomic mass is 9.96. The van der Waals surface area contributed by atoms with Crippen LogP contribution in [0.25, 0.3) is 0 Å². The largest absolute Gasteiger partial charge is 0.369 e. The molecule has 0 radical (unpaired) electrons. The maximum Gasteiger partial charge on any atom is 0.261 e. The molecule has 2 aromatic rings. The monoisotopic (exact) mass is 391 g/mol. The Hall–Kier alpha value is -3.48. The SMILES string of the molecule is NC(=O)C1CCN(C(=O)c2ccc(CN3C(=O)c4ccccc4C3=O)cc2)CC1. The first-order valence-corrected chi connectivity index (χ1v) is 9.58. The van der Waals surface area contributed by atoms with E-state index in [4.69, 9.17) is 5.73 Å². The number of nitrogens with zero attached hydrogens (tertiary/aromatic N) is 2. The fourth-order valence-corrected chi connectivity index (χ4v) is 3.87. The van der Waals surface area contributed by atoms with E-state index in [-0.39, 0.29) is 36.1 Å². The maximum atomic E-state index is 12.7. The van der Waals surface area contributed by atoms with Crippen molar-refractivity contribution in [1.82, 2.24) is 9.80 Å². The van der Waals surface area contributed by atoms with Gasteiger partial charge in [0.05, 0.1) is 17.7 Å². The van der Waals surface area contributed by atoms with E-state index in [0.717, 1.165) is 5.56 Å². The van der Waals surface area contributed by atoms with Gasteiger partial charge in [-0.3, -0.25) is 24.1 Å². The molecule has 2 aromatic carbocycles. The summed E-state index contributed by atoms with van der Waals surface area (Å²) in [6.07, 6.45) is 1.16. The predicted molar refractivity (Wildman–Crippen MR) is 105 cm³/mol. The van der Waals surface area contributed by atoms with Crippen LogP contribution < -0.4 is 5.73 Å². The van der Waals surface area contributed by atoms with Gasteiger partial charge in [-0.25, -0.2) is 0 Å². The van der Waals surface area contributed by atoms with Crippen molar-refractivity contribution in [2.45, 2.75) is 19.4 Å². The molecular weight excluding hydrogens is 370 g/mol. The van der Waals surface area contributed by atoms with Gasteiger partial charge in [-0.15, -0.1) is 0 Å². The van der Waals surface area contributed by atoms with Crippen LogP contribution in [0.2, 0.25) is 0 Å². The first-order valence-electron chi connectivity index (χ1n) is 9.58. The zero-order valence-electron chi connectivity index (χ0n) is 15.8. The lowest BCUT2D eigenvalue weighted by Crippen LogP contribution is -2.41. The molecule has 2 N–H and O–H groups in total. The highest BCUT2D eigenvalue weighted by Crippen LogP contribution is 2.24. The van der Waals surface area contributed by atoms with Gasteiger partial charge in [-0.2, -0.15) is 0 Å². The maximum absolute atomic E-state index is 12.7. The van der Waals surface area contributed by atoms with Crippen molar-refractivity contribution in [1.29, 1.82) is 0 Å². The van der Waals surface area contributed by atoms with E-state index in [0.29, 0.717) is 42.6 Å². The summed E-state index contributed by atoms with van der Waals surface area (Å²) >= 11 is 0. The molecule has 4 rings (SSSR count). The highest BCUT2D eigenvalue weighted by Gasteiger charge is 2.35. The second-order valence-electron chi connectivity index (χ2n) is 7.41. The van der Waals surface area contributed by atoms with Crippen LogP contribution in [-0.2, 0) is 11.3 Å². The number of amides is 4. The number of benzene rings is 2. The second kappa shape index (κ2) is 7.50. The number of carbonyl (C=O) groups excluding carboxylic acids is 4. The number of imide groups is 1. The molecule has 0 atom stereocenters. The molecule has 2 aliphatic heterocycles. The summed E-state index contributed by atoms with van der Waals surface area (Å²) in [5.41, 5.74) is 7.48. The summed E-state index contributed by atoms with van der Waals surface area (Å²) in [4.78, 5) is 51.8. The van der Waals surface area contributed by atoms with Crippen LogP contribution in [0, 0.1) is 5.92 Å². The molecule has 2 aliphatic rings. The number of hydrogen-bond donors (Lipinski definition) is 1. The number of primary amides is 1. The Morgan fingerprint density at radius 3 is 1.97 bits per heavy atom. The first-order chi connectivity index (χ1) is 14.0. The van der Waals surface area contributed by atoms with Gasteiger partial charge < -0.3 is 10.6 Å². The molecule has 2 heterocycles. The molecule has 0 spiro atoms. The van der Waals surface area contributed by atoms with Gasteiger partial charge in [0.2, 0.25) is 5.91 Å². The van der Waals surface area contributed by atoms with Gasteiger partial charge in [-0.05, 0) is 42.7 Å². The standard InChI is InChI=1S/C22H21N3O4/c23-19(26)15-9-11-24(12-10-15)20(27)16-7-5-14(6-8-16)13-25-21(28)17-3-1-2-4-18(17)22(25)29/h1-8,15H,9-13H2,(H2,23,26). The van der Waals surface area contributed by atoms with Crippen LogP contribution in [0.15, 0.2) is 48.5 Å². The summed E-state index contributed by atoms with van der Waals surface area (Å²) in [6, 6.07) is 13.7. The molecule has 4 amide bonds. The Kier molecular flexibility index (Phi) is 4.88. The summed E-state index contributed by atoms with van der Waals surface area (Å²) in [7, 11) is 0. The minimum Gasteiger partial charge on any atom is -0.369 e. The van der Waals surface area contributed by atoms with Crippen molar-refractivity contribution in [2.24, 2.45) is 11.7 Å². The molecule has 1 fully saturated rings. The third-order valence-electron chi connectivity index (χ3n) is 5.60. The van der Waals surface area contributed by atoms with Crippen LogP contribution >= 0.6 is 0 Å². The van der Waals surface area contributed by atoms with Crippen molar-refractivity contribution in [3.05, 3.63) is 70.8 Å². The van der Waals surface area contributed by atoms with Gasteiger partial charge in [0.1, 0.15) is 0 Å². The molecule has 0 saturated carbocycles. The summed E-state index contributed by atoms with van der Waals surface area (Å²) in [5.74, 6) is -1.18. The predicted octanol–water partition coefficient (Wildman–Crippen LogP) is 1.82. The fraction of sp³-hybridized carbons (Fsp3) is 0.273. The summed E-state index contributed by atoms with van der Waals surface area (Å²) < 4.78 is 0. The van der Waals surface area contributed by atoms with Gasteiger partial charge in [0.15, 0.2) is 0 Å². The Labute approximate surface area is 168 Å². The quantitative estimate of drug-likeness (QED) is 0.804. The van der Waals surface area contributed by atoms with E-state index >= 15 is 0 Å². The average molecular weight is 391 g/mol. The molecule has 7 heteroatoms. The second-order valence-corrected chi connectivity index (χ2v) is 7.41. The topological polar surface area (TPSA) is 101 Å². The molecule has 0 aromatic heterocycles. The van der Waals surface area contributed by atoms with Crippen molar-refractivity contribution in [3.8, 4) is 0 Å². The van der Waals surface area contributed by atoms with Crippen molar-refractivity contribution >= 4 is 23.6 Å². The van der Waals surface area contributed by atoms with Gasteiger partial charge in [0, 0.05) is 24.6 Å². The van der Waals surface area contributed by atoms with Crippen LogP contribution in [0.1, 0.15) is 49.5 Å². The third-order valence-corrected chi connectivity index (χ3v) is 5.60. The highest BCUT2D eigenvalue weighted by atomic mass is 16.2. The van der Waals surface area contributed by atoms with E-state index < -0.39 is 0 Å². The lowest BCUT2D eigenvalue weighted by Gasteiger charge is -2.30. The van der Waals surface area contributed by atoms with Crippen LogP contribution in [0.3, 0.4) is 0 Å². The number of fused-ring (bicyclic) bond motifs is 1. The van der Waals surface area contributed by atoms with E-state index in [1.807, 2.05) is 0 Å². The molecule has 29 heavy (non-hydrogen) atoms. The number of likely N-dealkylation sites (tertiary alicyclic amines) is 1. The van der Waals surface area contributed by atoms with Crippen LogP contribution in [0.4, 0.5) is 0 Å². The average Bonchev–Trinajstić information content (AvgIpc) is 2.99. The number of rotatable bonds is 4. The molecule has 148 valence electrons. The highest BCUT2D eigenvalue weighted by molar-refractivity contribution is 6.21. The van der Waals surface area contributed by atoms with E-state index in [1.165, 1.54) is 4.90 Å². The smallest absolute Gasteiger partial charge is 0.261 e. The van der Waals surface area contributed by atoms with Crippen molar-refractivity contribution < 1.29 is 19.2 Å². The minimum absolute atomic E-state index is 0.0970. The molecule has 0 aliphatic carbocycles.